The normalized spacial score (nSPS) is 30.4. The molecule has 5 heteroatoms. The Bertz CT molecular complexity index is 647. The quantitative estimate of drug-likeness (QED) is 0.917. The Kier molecular flexibility index (Phi) is 4.57. The van der Waals surface area contributed by atoms with Gasteiger partial charge in [-0.3, -0.25) is 9.59 Å². The van der Waals surface area contributed by atoms with E-state index in [1.165, 1.54) is 19.3 Å². The zero-order valence-corrected chi connectivity index (χ0v) is 15.1. The standard InChI is InChI=1S/C20H29N3O2/c1-14-7-2-5-10-16(14)21-20(25)19-17-11-6-12-22(17)13-18(24)23(19)15-8-3-4-9-15/h6,11-12,14-16,19H,2-5,7-10,13H2,1H3,(H,21,25). The van der Waals surface area contributed by atoms with Gasteiger partial charge < -0.3 is 14.8 Å². The van der Waals surface area contributed by atoms with E-state index in [0.29, 0.717) is 12.5 Å². The molecule has 2 aliphatic carbocycles. The topological polar surface area (TPSA) is 54.3 Å². The fourth-order valence-electron chi connectivity index (χ4n) is 4.98. The van der Waals surface area contributed by atoms with Crippen molar-refractivity contribution in [1.82, 2.24) is 14.8 Å². The maximum Gasteiger partial charge on any atom is 0.249 e. The van der Waals surface area contributed by atoms with Gasteiger partial charge >= 0.3 is 0 Å². The van der Waals surface area contributed by atoms with Crippen molar-refractivity contribution in [2.24, 2.45) is 5.92 Å². The molecule has 1 aromatic rings. The summed E-state index contributed by atoms with van der Waals surface area (Å²) < 4.78 is 1.95. The van der Waals surface area contributed by atoms with Crippen LogP contribution in [0, 0.1) is 5.92 Å². The zero-order chi connectivity index (χ0) is 17.4. The van der Waals surface area contributed by atoms with Gasteiger partial charge in [-0.05, 0) is 43.7 Å². The Balaban J connectivity index is 1.60. The number of hydrogen-bond donors (Lipinski definition) is 1. The van der Waals surface area contributed by atoms with E-state index in [9.17, 15) is 9.59 Å². The molecule has 0 saturated heterocycles. The van der Waals surface area contributed by atoms with E-state index in [4.69, 9.17) is 0 Å². The van der Waals surface area contributed by atoms with E-state index in [1.807, 2.05) is 27.8 Å². The number of rotatable bonds is 3. The number of fused-ring (bicyclic) bond motifs is 1. The maximum absolute atomic E-state index is 13.3. The third kappa shape index (κ3) is 3.09. The molecule has 4 rings (SSSR count). The Morgan fingerprint density at radius 1 is 1.12 bits per heavy atom. The van der Waals surface area contributed by atoms with Crippen molar-refractivity contribution in [1.29, 1.82) is 0 Å². The van der Waals surface area contributed by atoms with E-state index < -0.39 is 6.04 Å². The average Bonchev–Trinajstić information content (AvgIpc) is 3.26. The highest BCUT2D eigenvalue weighted by Gasteiger charge is 2.42. The fraction of sp³-hybridized carbons (Fsp3) is 0.700. The van der Waals surface area contributed by atoms with Crippen molar-refractivity contribution < 1.29 is 9.59 Å². The Hall–Kier alpha value is -1.78. The van der Waals surface area contributed by atoms with Crippen LogP contribution < -0.4 is 5.32 Å². The van der Waals surface area contributed by atoms with Crippen LogP contribution in [0.1, 0.15) is 70.0 Å². The first-order valence-electron chi connectivity index (χ1n) is 9.91. The molecule has 2 heterocycles. The molecular formula is C20H29N3O2. The molecular weight excluding hydrogens is 314 g/mol. The molecule has 25 heavy (non-hydrogen) atoms. The third-order valence-corrected chi connectivity index (χ3v) is 6.42. The average molecular weight is 343 g/mol. The molecule has 5 nitrogen and oxygen atoms in total. The summed E-state index contributed by atoms with van der Waals surface area (Å²) in [5.74, 6) is 0.620. The molecule has 2 saturated carbocycles. The molecule has 136 valence electrons. The summed E-state index contributed by atoms with van der Waals surface area (Å²) >= 11 is 0. The van der Waals surface area contributed by atoms with Gasteiger partial charge in [-0.15, -0.1) is 0 Å². The van der Waals surface area contributed by atoms with Gasteiger partial charge in [-0.25, -0.2) is 0 Å². The summed E-state index contributed by atoms with van der Waals surface area (Å²) in [5.41, 5.74) is 0.965. The number of amides is 2. The van der Waals surface area contributed by atoms with E-state index in [1.54, 1.807) is 0 Å². The first-order valence-corrected chi connectivity index (χ1v) is 9.91. The third-order valence-electron chi connectivity index (χ3n) is 6.42. The largest absolute Gasteiger partial charge is 0.351 e. The van der Waals surface area contributed by atoms with Crippen molar-refractivity contribution in [2.75, 3.05) is 0 Å². The van der Waals surface area contributed by atoms with Crippen LogP contribution in [0.3, 0.4) is 0 Å². The van der Waals surface area contributed by atoms with Crippen molar-refractivity contribution in [2.45, 2.75) is 83.0 Å². The molecule has 1 aliphatic heterocycles. The van der Waals surface area contributed by atoms with E-state index in [2.05, 4.69) is 12.2 Å². The molecule has 1 aromatic heterocycles. The Morgan fingerprint density at radius 3 is 2.60 bits per heavy atom. The first kappa shape index (κ1) is 16.7. The van der Waals surface area contributed by atoms with Crippen molar-refractivity contribution in [3.05, 3.63) is 24.0 Å². The van der Waals surface area contributed by atoms with Gasteiger partial charge in [-0.1, -0.05) is 32.6 Å². The molecule has 0 aromatic carbocycles. The molecule has 2 fully saturated rings. The van der Waals surface area contributed by atoms with Gasteiger partial charge in [0, 0.05) is 18.3 Å². The molecule has 2 amide bonds. The maximum atomic E-state index is 13.3. The molecule has 0 bridgehead atoms. The molecule has 0 radical (unpaired) electrons. The Morgan fingerprint density at radius 2 is 1.84 bits per heavy atom. The van der Waals surface area contributed by atoms with Crippen LogP contribution in [0.5, 0.6) is 0 Å². The molecule has 0 spiro atoms. The minimum absolute atomic E-state index is 0.0126. The van der Waals surface area contributed by atoms with Crippen LogP contribution in [0.4, 0.5) is 0 Å². The van der Waals surface area contributed by atoms with E-state index >= 15 is 0 Å². The molecule has 3 aliphatic rings. The first-order chi connectivity index (χ1) is 12.1. The number of carbonyl (C=O) groups is 2. The van der Waals surface area contributed by atoms with E-state index in [0.717, 1.165) is 37.8 Å². The lowest BCUT2D eigenvalue weighted by molar-refractivity contribution is -0.147. The van der Waals surface area contributed by atoms with Crippen LogP contribution in [0.15, 0.2) is 18.3 Å². The van der Waals surface area contributed by atoms with Gasteiger partial charge in [0.1, 0.15) is 6.54 Å². The van der Waals surface area contributed by atoms with Crippen molar-refractivity contribution in [3.8, 4) is 0 Å². The van der Waals surface area contributed by atoms with Gasteiger partial charge in [0.05, 0.1) is 5.69 Å². The van der Waals surface area contributed by atoms with Gasteiger partial charge in [-0.2, -0.15) is 0 Å². The monoisotopic (exact) mass is 343 g/mol. The van der Waals surface area contributed by atoms with Crippen LogP contribution in [-0.4, -0.2) is 33.4 Å². The number of nitrogens with zero attached hydrogens (tertiary/aromatic N) is 2. The number of hydrogen-bond acceptors (Lipinski definition) is 2. The van der Waals surface area contributed by atoms with Crippen LogP contribution in [-0.2, 0) is 16.1 Å². The van der Waals surface area contributed by atoms with Gasteiger partial charge in [0.25, 0.3) is 0 Å². The number of nitrogens with one attached hydrogen (secondary N) is 1. The van der Waals surface area contributed by atoms with Crippen molar-refractivity contribution >= 4 is 11.8 Å². The minimum Gasteiger partial charge on any atom is -0.351 e. The van der Waals surface area contributed by atoms with Crippen LogP contribution in [0.25, 0.3) is 0 Å². The minimum atomic E-state index is -0.464. The number of aromatic nitrogens is 1. The SMILES string of the molecule is CC1CCCCC1NC(=O)C1c2cccn2CC(=O)N1C1CCCC1. The second-order valence-electron chi connectivity index (χ2n) is 8.08. The lowest BCUT2D eigenvalue weighted by atomic mass is 9.85. The fourth-order valence-corrected chi connectivity index (χ4v) is 4.98. The summed E-state index contributed by atoms with van der Waals surface area (Å²) in [6.45, 7) is 2.59. The highest BCUT2D eigenvalue weighted by molar-refractivity contribution is 5.90. The summed E-state index contributed by atoms with van der Waals surface area (Å²) in [6.07, 6.45) is 10.9. The van der Waals surface area contributed by atoms with E-state index in [-0.39, 0.29) is 23.9 Å². The second-order valence-corrected chi connectivity index (χ2v) is 8.08. The molecule has 3 unspecified atom stereocenters. The smallest absolute Gasteiger partial charge is 0.249 e. The van der Waals surface area contributed by atoms with Gasteiger partial charge in [0.2, 0.25) is 11.8 Å². The lowest BCUT2D eigenvalue weighted by Crippen LogP contribution is -2.54. The lowest BCUT2D eigenvalue weighted by Gasteiger charge is -2.41. The number of carbonyl (C=O) groups excluding carboxylic acids is 2. The molecule has 1 N–H and O–H groups in total. The predicted molar refractivity (Wildman–Crippen MR) is 95.8 cm³/mol. The Labute approximate surface area is 149 Å². The van der Waals surface area contributed by atoms with Crippen LogP contribution >= 0.6 is 0 Å². The second kappa shape index (κ2) is 6.85. The molecule has 3 atom stereocenters. The van der Waals surface area contributed by atoms with Crippen LogP contribution in [0.2, 0.25) is 0 Å². The highest BCUT2D eigenvalue weighted by atomic mass is 16.2. The summed E-state index contributed by atoms with van der Waals surface area (Å²) in [6, 6.07) is 3.95. The van der Waals surface area contributed by atoms with Crippen molar-refractivity contribution in [3.63, 3.8) is 0 Å². The van der Waals surface area contributed by atoms with Gasteiger partial charge in [0.15, 0.2) is 6.04 Å². The summed E-state index contributed by atoms with van der Waals surface area (Å²) in [7, 11) is 0. The predicted octanol–water partition coefficient (Wildman–Crippen LogP) is 3.01. The zero-order valence-electron chi connectivity index (χ0n) is 15.1. The highest BCUT2D eigenvalue weighted by Crippen LogP contribution is 2.35. The summed E-state index contributed by atoms with van der Waals surface area (Å²) in [4.78, 5) is 28.0. The summed E-state index contributed by atoms with van der Waals surface area (Å²) in [5, 5.41) is 3.30.